The topological polar surface area (TPSA) is 26.3 Å². The molecule has 0 amide bonds. The summed E-state index contributed by atoms with van der Waals surface area (Å²) in [6.45, 7) is 5.99. The van der Waals surface area contributed by atoms with Crippen molar-refractivity contribution in [2.24, 2.45) is 5.41 Å². The fourth-order valence-electron chi connectivity index (χ4n) is 1.91. The molecule has 0 saturated carbocycles. The van der Waals surface area contributed by atoms with Gasteiger partial charge >= 0.3 is 0 Å². The molecule has 0 aliphatic rings. The average Bonchev–Trinajstić information content (AvgIpc) is 2.15. The fraction of sp³-hybridized carbons (Fsp3) is 0.500. The van der Waals surface area contributed by atoms with Crippen LogP contribution in [0.15, 0.2) is 24.3 Å². The van der Waals surface area contributed by atoms with Crippen LogP contribution < -0.4 is 0 Å². The van der Waals surface area contributed by atoms with Crippen LogP contribution in [0.5, 0.6) is 0 Å². The Morgan fingerprint density at radius 3 is 2.53 bits per heavy atom. The van der Waals surface area contributed by atoms with Crippen molar-refractivity contribution in [1.29, 1.82) is 0 Å². The van der Waals surface area contributed by atoms with Gasteiger partial charge in [-0.05, 0) is 23.1 Å². The molecule has 0 spiro atoms. The van der Waals surface area contributed by atoms with Crippen LogP contribution >= 0.6 is 11.6 Å². The number of halogens is 1. The quantitative estimate of drug-likeness (QED) is 0.822. The molecule has 2 nitrogen and oxygen atoms in total. The van der Waals surface area contributed by atoms with Gasteiger partial charge < -0.3 is 4.74 Å². The van der Waals surface area contributed by atoms with Crippen molar-refractivity contribution in [2.45, 2.75) is 33.3 Å². The number of benzene rings is 1. The minimum absolute atomic E-state index is 0.0854. The summed E-state index contributed by atoms with van der Waals surface area (Å²) in [5.74, 6) is 0.0854. The normalized spacial score (nSPS) is 13.5. The Bertz CT molecular complexity index is 393. The second kappa shape index (κ2) is 5.65. The third-order valence-electron chi connectivity index (χ3n) is 2.58. The SMILES string of the molecule is COC(C(=O)Cc1cccc(Cl)c1)C(C)(C)C. The van der Waals surface area contributed by atoms with Crippen LogP contribution in [0, 0.1) is 5.41 Å². The van der Waals surface area contributed by atoms with Gasteiger partial charge in [0.1, 0.15) is 6.10 Å². The predicted octanol–water partition coefficient (Wildman–Crippen LogP) is 3.51. The maximum Gasteiger partial charge on any atom is 0.166 e. The molecular weight excluding hydrogens is 236 g/mol. The van der Waals surface area contributed by atoms with E-state index in [9.17, 15) is 4.79 Å². The molecule has 0 heterocycles. The molecule has 0 saturated heterocycles. The molecule has 0 aliphatic carbocycles. The summed E-state index contributed by atoms with van der Waals surface area (Å²) in [7, 11) is 1.58. The monoisotopic (exact) mass is 254 g/mol. The Morgan fingerprint density at radius 2 is 2.06 bits per heavy atom. The zero-order chi connectivity index (χ0) is 13.1. The largest absolute Gasteiger partial charge is 0.373 e. The van der Waals surface area contributed by atoms with E-state index in [4.69, 9.17) is 16.3 Å². The van der Waals surface area contributed by atoms with Gasteiger partial charge in [0, 0.05) is 18.6 Å². The van der Waals surface area contributed by atoms with Crippen molar-refractivity contribution in [2.75, 3.05) is 7.11 Å². The van der Waals surface area contributed by atoms with Crippen LogP contribution in [-0.2, 0) is 16.0 Å². The number of Topliss-reactive ketones (excluding diaryl/α,β-unsaturated/α-hetero) is 1. The highest BCUT2D eigenvalue weighted by atomic mass is 35.5. The van der Waals surface area contributed by atoms with Gasteiger partial charge in [-0.3, -0.25) is 4.79 Å². The molecule has 0 fully saturated rings. The second-order valence-corrected chi connectivity index (χ2v) is 5.69. The minimum atomic E-state index is -0.388. The summed E-state index contributed by atoms with van der Waals surface area (Å²) in [4.78, 5) is 12.1. The molecule has 0 bridgehead atoms. The number of hydrogen-bond acceptors (Lipinski definition) is 2. The summed E-state index contributed by atoms with van der Waals surface area (Å²) >= 11 is 5.89. The first kappa shape index (κ1) is 14.2. The van der Waals surface area contributed by atoms with Crippen LogP contribution in [0.4, 0.5) is 0 Å². The molecule has 17 heavy (non-hydrogen) atoms. The second-order valence-electron chi connectivity index (χ2n) is 5.25. The molecule has 1 rings (SSSR count). The first-order chi connectivity index (χ1) is 7.84. The Balaban J connectivity index is 2.78. The molecule has 0 radical (unpaired) electrons. The molecule has 3 heteroatoms. The first-order valence-electron chi connectivity index (χ1n) is 5.64. The summed E-state index contributed by atoms with van der Waals surface area (Å²) in [6, 6.07) is 7.37. The Kier molecular flexibility index (Phi) is 4.72. The zero-order valence-electron chi connectivity index (χ0n) is 10.8. The summed E-state index contributed by atoms with van der Waals surface area (Å²) in [6.07, 6.45) is -0.0300. The fourth-order valence-corrected chi connectivity index (χ4v) is 2.12. The van der Waals surface area contributed by atoms with E-state index in [1.54, 1.807) is 13.2 Å². The molecule has 1 unspecified atom stereocenters. The maximum atomic E-state index is 12.1. The lowest BCUT2D eigenvalue weighted by Crippen LogP contribution is -2.37. The van der Waals surface area contributed by atoms with Gasteiger partial charge in [-0.25, -0.2) is 0 Å². The lowest BCUT2D eigenvalue weighted by Gasteiger charge is -2.28. The first-order valence-corrected chi connectivity index (χ1v) is 6.02. The van der Waals surface area contributed by atoms with E-state index < -0.39 is 0 Å². The number of hydrogen-bond donors (Lipinski definition) is 0. The van der Waals surface area contributed by atoms with Crippen molar-refractivity contribution in [3.8, 4) is 0 Å². The summed E-state index contributed by atoms with van der Waals surface area (Å²) in [5, 5.41) is 0.653. The molecule has 94 valence electrons. The minimum Gasteiger partial charge on any atom is -0.373 e. The van der Waals surface area contributed by atoms with E-state index in [-0.39, 0.29) is 17.3 Å². The molecule has 0 aromatic heterocycles. The van der Waals surface area contributed by atoms with Crippen LogP contribution in [0.2, 0.25) is 5.02 Å². The van der Waals surface area contributed by atoms with Gasteiger partial charge in [0.15, 0.2) is 5.78 Å². The average molecular weight is 255 g/mol. The van der Waals surface area contributed by atoms with Gasteiger partial charge in [0.05, 0.1) is 0 Å². The third-order valence-corrected chi connectivity index (χ3v) is 2.82. The van der Waals surface area contributed by atoms with Crippen LogP contribution in [0.25, 0.3) is 0 Å². The molecule has 1 atom stereocenters. The number of ketones is 1. The zero-order valence-corrected chi connectivity index (χ0v) is 11.5. The number of ether oxygens (including phenoxy) is 1. The highest BCUT2D eigenvalue weighted by molar-refractivity contribution is 6.30. The van der Waals surface area contributed by atoms with E-state index >= 15 is 0 Å². The Labute approximate surface area is 108 Å². The van der Waals surface area contributed by atoms with E-state index in [0.717, 1.165) is 5.56 Å². The van der Waals surface area contributed by atoms with Gasteiger partial charge in [0.25, 0.3) is 0 Å². The van der Waals surface area contributed by atoms with Crippen molar-refractivity contribution < 1.29 is 9.53 Å². The number of carbonyl (C=O) groups excluding carboxylic acids is 1. The van der Waals surface area contributed by atoms with Crippen molar-refractivity contribution in [3.05, 3.63) is 34.9 Å². The van der Waals surface area contributed by atoms with Gasteiger partial charge in [0.2, 0.25) is 0 Å². The molecule has 1 aromatic carbocycles. The standard InChI is InChI=1S/C14H19ClO2/c1-14(2,3)13(17-4)12(16)9-10-6-5-7-11(15)8-10/h5-8,13H,9H2,1-4H3. The van der Waals surface area contributed by atoms with Crippen LogP contribution in [0.3, 0.4) is 0 Å². The summed E-state index contributed by atoms with van der Waals surface area (Å²) in [5.41, 5.74) is 0.735. The van der Waals surface area contributed by atoms with Gasteiger partial charge in [-0.2, -0.15) is 0 Å². The molecule has 0 N–H and O–H groups in total. The molecule has 1 aromatic rings. The van der Waals surface area contributed by atoms with Crippen LogP contribution in [0.1, 0.15) is 26.3 Å². The van der Waals surface area contributed by atoms with Crippen molar-refractivity contribution in [3.63, 3.8) is 0 Å². The number of rotatable bonds is 4. The number of carbonyl (C=O) groups is 1. The lowest BCUT2D eigenvalue weighted by molar-refractivity contribution is -0.134. The van der Waals surface area contributed by atoms with Crippen molar-refractivity contribution >= 4 is 17.4 Å². The van der Waals surface area contributed by atoms with E-state index in [1.807, 2.05) is 39.0 Å². The van der Waals surface area contributed by atoms with E-state index in [0.29, 0.717) is 11.4 Å². The molecule has 0 aliphatic heterocycles. The highest BCUT2D eigenvalue weighted by Gasteiger charge is 2.30. The predicted molar refractivity (Wildman–Crippen MR) is 70.4 cm³/mol. The molecular formula is C14H19ClO2. The van der Waals surface area contributed by atoms with Crippen LogP contribution in [-0.4, -0.2) is 19.0 Å². The van der Waals surface area contributed by atoms with Gasteiger partial charge in [-0.1, -0.05) is 44.5 Å². The lowest BCUT2D eigenvalue weighted by atomic mass is 9.84. The smallest absolute Gasteiger partial charge is 0.166 e. The Morgan fingerprint density at radius 1 is 1.41 bits per heavy atom. The number of methoxy groups -OCH3 is 1. The summed E-state index contributed by atoms with van der Waals surface area (Å²) < 4.78 is 5.30. The van der Waals surface area contributed by atoms with E-state index in [2.05, 4.69) is 0 Å². The maximum absolute atomic E-state index is 12.1. The van der Waals surface area contributed by atoms with Crippen molar-refractivity contribution in [1.82, 2.24) is 0 Å². The highest BCUT2D eigenvalue weighted by Crippen LogP contribution is 2.24. The Hall–Kier alpha value is -0.860. The third kappa shape index (κ3) is 4.14. The van der Waals surface area contributed by atoms with Gasteiger partial charge in [-0.15, -0.1) is 0 Å². The van der Waals surface area contributed by atoms with E-state index in [1.165, 1.54) is 0 Å².